The highest BCUT2D eigenvalue weighted by molar-refractivity contribution is 5.84. The number of aliphatic hydroxyl groups is 2. The van der Waals surface area contributed by atoms with Gasteiger partial charge in [0.05, 0.1) is 14.2 Å². The van der Waals surface area contributed by atoms with Crippen molar-refractivity contribution in [1.29, 1.82) is 0 Å². The Morgan fingerprint density at radius 2 is 1.15 bits per heavy atom. The van der Waals surface area contributed by atoms with Crippen molar-refractivity contribution in [3.8, 4) is 22.6 Å². The van der Waals surface area contributed by atoms with Gasteiger partial charge in [-0.3, -0.25) is 0 Å². The molecule has 2 aromatic carbocycles. The molecule has 1 aliphatic rings. The Balaban J connectivity index is 2.39. The molecule has 2 atom stereocenters. The maximum atomic E-state index is 10.3. The van der Waals surface area contributed by atoms with Gasteiger partial charge in [-0.2, -0.15) is 0 Å². The third kappa shape index (κ3) is 1.69. The summed E-state index contributed by atoms with van der Waals surface area (Å²) in [7, 11) is 3.17. The van der Waals surface area contributed by atoms with E-state index in [1.807, 2.05) is 12.1 Å². The number of fused-ring (bicyclic) bond motifs is 3. The lowest BCUT2D eigenvalue weighted by Crippen LogP contribution is -2.18. The molecule has 0 spiro atoms. The standard InChI is InChI=1S/C16H16O4/c1-19-11-7-3-5-9-13(11)14-10(16(18)15(9)17)6-4-8-12(14)20-2/h3-8,15-18H,1-2H3. The molecule has 0 aliphatic heterocycles. The highest BCUT2D eigenvalue weighted by atomic mass is 16.5. The van der Waals surface area contributed by atoms with Crippen molar-refractivity contribution in [1.82, 2.24) is 0 Å². The highest BCUT2D eigenvalue weighted by Gasteiger charge is 2.34. The molecule has 2 unspecified atom stereocenters. The summed E-state index contributed by atoms with van der Waals surface area (Å²) >= 11 is 0. The molecule has 2 aromatic rings. The maximum absolute atomic E-state index is 10.3. The van der Waals surface area contributed by atoms with Crippen LogP contribution in [0.3, 0.4) is 0 Å². The first-order valence-electron chi connectivity index (χ1n) is 6.39. The van der Waals surface area contributed by atoms with Crippen LogP contribution in [-0.2, 0) is 0 Å². The number of aliphatic hydroxyl groups excluding tert-OH is 2. The second-order valence-corrected chi connectivity index (χ2v) is 4.74. The van der Waals surface area contributed by atoms with Crippen molar-refractivity contribution in [2.45, 2.75) is 12.2 Å². The molecule has 2 N–H and O–H groups in total. The molecule has 20 heavy (non-hydrogen) atoms. The average molecular weight is 272 g/mol. The molecule has 0 bridgehead atoms. The lowest BCUT2D eigenvalue weighted by Gasteiger charge is -2.31. The van der Waals surface area contributed by atoms with Crippen molar-refractivity contribution in [2.75, 3.05) is 14.2 Å². The van der Waals surface area contributed by atoms with E-state index in [-0.39, 0.29) is 0 Å². The second-order valence-electron chi connectivity index (χ2n) is 4.74. The fraction of sp³-hybridized carbons (Fsp3) is 0.250. The zero-order chi connectivity index (χ0) is 14.3. The van der Waals surface area contributed by atoms with Crippen LogP contribution >= 0.6 is 0 Å². The van der Waals surface area contributed by atoms with E-state index in [0.717, 1.165) is 11.1 Å². The molecule has 4 heteroatoms. The minimum absolute atomic E-state index is 0.647. The Bertz CT molecular complexity index is 593. The fourth-order valence-electron chi connectivity index (χ4n) is 2.80. The number of rotatable bonds is 2. The quantitative estimate of drug-likeness (QED) is 0.881. The van der Waals surface area contributed by atoms with Crippen LogP contribution in [0.25, 0.3) is 11.1 Å². The molecule has 104 valence electrons. The summed E-state index contributed by atoms with van der Waals surface area (Å²) in [6.07, 6.45) is -1.94. The van der Waals surface area contributed by atoms with Crippen LogP contribution in [0.4, 0.5) is 0 Å². The van der Waals surface area contributed by atoms with E-state index >= 15 is 0 Å². The largest absolute Gasteiger partial charge is 0.496 e. The summed E-state index contributed by atoms with van der Waals surface area (Å²) in [4.78, 5) is 0. The molecule has 0 heterocycles. The molecular weight excluding hydrogens is 256 g/mol. The lowest BCUT2D eigenvalue weighted by molar-refractivity contribution is 0.0155. The first kappa shape index (κ1) is 13.0. The third-order valence-electron chi connectivity index (χ3n) is 3.74. The van der Waals surface area contributed by atoms with Gasteiger partial charge in [0, 0.05) is 11.1 Å². The van der Waals surface area contributed by atoms with Gasteiger partial charge in [0.15, 0.2) is 0 Å². The highest BCUT2D eigenvalue weighted by Crippen LogP contribution is 2.51. The van der Waals surface area contributed by atoms with Crippen LogP contribution in [0.5, 0.6) is 11.5 Å². The van der Waals surface area contributed by atoms with Crippen LogP contribution in [0, 0.1) is 0 Å². The van der Waals surface area contributed by atoms with Crippen molar-refractivity contribution in [3.05, 3.63) is 47.5 Å². The second kappa shape index (κ2) is 4.81. The summed E-state index contributed by atoms with van der Waals surface area (Å²) < 4.78 is 10.8. The summed E-state index contributed by atoms with van der Waals surface area (Å²) in [5.74, 6) is 1.30. The van der Waals surface area contributed by atoms with E-state index in [1.165, 1.54) is 0 Å². The van der Waals surface area contributed by atoms with Crippen LogP contribution in [0.2, 0.25) is 0 Å². The Labute approximate surface area is 117 Å². The number of ether oxygens (including phenoxy) is 2. The van der Waals surface area contributed by atoms with E-state index in [0.29, 0.717) is 22.6 Å². The van der Waals surface area contributed by atoms with Gasteiger partial charge < -0.3 is 19.7 Å². The van der Waals surface area contributed by atoms with Gasteiger partial charge in [0.1, 0.15) is 23.7 Å². The van der Waals surface area contributed by atoms with Gasteiger partial charge in [-0.15, -0.1) is 0 Å². The first-order chi connectivity index (χ1) is 9.69. The fourth-order valence-corrected chi connectivity index (χ4v) is 2.80. The van der Waals surface area contributed by atoms with Crippen LogP contribution in [-0.4, -0.2) is 24.4 Å². The number of hydrogen-bond donors (Lipinski definition) is 2. The summed E-state index contributed by atoms with van der Waals surface area (Å²) in [6, 6.07) is 10.9. The van der Waals surface area contributed by atoms with Gasteiger partial charge in [-0.25, -0.2) is 0 Å². The predicted octanol–water partition coefficient (Wildman–Crippen LogP) is 2.45. The number of methoxy groups -OCH3 is 2. The SMILES string of the molecule is COc1cccc2c1-c1c(OC)cccc1C(O)C2O. The number of hydrogen-bond acceptors (Lipinski definition) is 4. The molecule has 4 nitrogen and oxygen atoms in total. The first-order valence-corrected chi connectivity index (χ1v) is 6.39. The van der Waals surface area contributed by atoms with Gasteiger partial charge in [0.25, 0.3) is 0 Å². The minimum Gasteiger partial charge on any atom is -0.496 e. The van der Waals surface area contributed by atoms with Crippen molar-refractivity contribution >= 4 is 0 Å². The normalized spacial score (nSPS) is 20.0. The van der Waals surface area contributed by atoms with E-state index in [9.17, 15) is 10.2 Å². The Morgan fingerprint density at radius 3 is 1.50 bits per heavy atom. The van der Waals surface area contributed by atoms with Crippen LogP contribution < -0.4 is 9.47 Å². The molecule has 0 aromatic heterocycles. The molecule has 1 aliphatic carbocycles. The van der Waals surface area contributed by atoms with Gasteiger partial charge >= 0.3 is 0 Å². The summed E-state index contributed by atoms with van der Waals surface area (Å²) in [5.41, 5.74) is 2.85. The molecular formula is C16H16O4. The molecule has 3 rings (SSSR count). The molecule has 0 radical (unpaired) electrons. The summed E-state index contributed by atoms with van der Waals surface area (Å²) in [5, 5.41) is 20.6. The van der Waals surface area contributed by atoms with E-state index in [4.69, 9.17) is 9.47 Å². The maximum Gasteiger partial charge on any atom is 0.127 e. The zero-order valence-corrected chi connectivity index (χ0v) is 11.3. The van der Waals surface area contributed by atoms with E-state index < -0.39 is 12.2 Å². The van der Waals surface area contributed by atoms with E-state index in [1.54, 1.807) is 38.5 Å². The van der Waals surface area contributed by atoms with Crippen molar-refractivity contribution in [2.24, 2.45) is 0 Å². The topological polar surface area (TPSA) is 58.9 Å². The van der Waals surface area contributed by atoms with Gasteiger partial charge in [-0.1, -0.05) is 24.3 Å². The molecule has 0 fully saturated rings. The van der Waals surface area contributed by atoms with E-state index in [2.05, 4.69) is 0 Å². The molecule has 0 saturated carbocycles. The monoisotopic (exact) mass is 272 g/mol. The lowest BCUT2D eigenvalue weighted by atomic mass is 9.81. The van der Waals surface area contributed by atoms with Crippen molar-refractivity contribution in [3.63, 3.8) is 0 Å². The Morgan fingerprint density at radius 1 is 0.750 bits per heavy atom. The average Bonchev–Trinajstić information content (AvgIpc) is 2.50. The smallest absolute Gasteiger partial charge is 0.127 e. The van der Waals surface area contributed by atoms with Gasteiger partial charge in [0.2, 0.25) is 0 Å². The molecule has 0 saturated heterocycles. The molecule has 0 amide bonds. The Kier molecular flexibility index (Phi) is 3.12. The van der Waals surface area contributed by atoms with Gasteiger partial charge in [-0.05, 0) is 23.3 Å². The zero-order valence-electron chi connectivity index (χ0n) is 11.3. The minimum atomic E-state index is -0.972. The van der Waals surface area contributed by atoms with Crippen LogP contribution in [0.15, 0.2) is 36.4 Å². The predicted molar refractivity (Wildman–Crippen MR) is 74.9 cm³/mol. The van der Waals surface area contributed by atoms with Crippen molar-refractivity contribution < 1.29 is 19.7 Å². The number of benzene rings is 2. The Hall–Kier alpha value is -2.04. The summed E-state index contributed by atoms with van der Waals surface area (Å²) in [6.45, 7) is 0. The third-order valence-corrected chi connectivity index (χ3v) is 3.74. The van der Waals surface area contributed by atoms with Crippen LogP contribution in [0.1, 0.15) is 23.3 Å².